The maximum atomic E-state index is 8.41. The molecule has 0 saturated carbocycles. The predicted molar refractivity (Wildman–Crippen MR) is 35.9 cm³/mol. The van der Waals surface area contributed by atoms with E-state index in [9.17, 15) is 0 Å². The average Bonchev–Trinajstić information content (AvgIpc) is 2.35. The van der Waals surface area contributed by atoms with E-state index in [0.29, 0.717) is 0 Å². The third-order valence-corrected chi connectivity index (χ3v) is 1.31. The summed E-state index contributed by atoms with van der Waals surface area (Å²) in [6.45, 7) is 3.31. The van der Waals surface area contributed by atoms with E-state index in [-0.39, 0.29) is 0 Å². The highest BCUT2D eigenvalue weighted by Gasteiger charge is 1.94. The molecule has 13 heavy (non-hydrogen) atoms. The second-order valence-electron chi connectivity index (χ2n) is 2.51. The van der Waals surface area contributed by atoms with Crippen LogP contribution in [0.1, 0.15) is 13.3 Å². The zero-order valence-corrected chi connectivity index (χ0v) is 8.40. The first-order chi connectivity index (χ1) is 6.06. The fourth-order valence-corrected chi connectivity index (χ4v) is 0.892. The number of hydrogen-bond acceptors (Lipinski definition) is 3. The number of nitrogens with zero attached hydrogens (tertiary/aromatic N) is 2. The molecule has 0 radical (unpaired) electrons. The highest BCUT2D eigenvalue weighted by molar-refractivity contribution is 4.64. The Balaban J connectivity index is 0.000000310. The Bertz CT molecular complexity index is 225. The van der Waals surface area contributed by atoms with Crippen molar-refractivity contribution in [3.63, 3.8) is 0 Å². The number of rotatable bonds is 2. The lowest BCUT2D eigenvalue weighted by Gasteiger charge is -1.89. The van der Waals surface area contributed by atoms with Gasteiger partial charge in [0.15, 0.2) is 0 Å². The first kappa shape index (κ1) is 12.4. The van der Waals surface area contributed by atoms with Crippen LogP contribution >= 0.6 is 0 Å². The summed E-state index contributed by atoms with van der Waals surface area (Å²) in [4.78, 5) is 0. The molecule has 0 aliphatic carbocycles. The van der Waals surface area contributed by atoms with E-state index in [4.69, 9.17) is 14.0 Å². The van der Waals surface area contributed by atoms with Crippen molar-refractivity contribution in [3.8, 4) is 0 Å². The van der Waals surface area contributed by atoms with Gasteiger partial charge < -0.3 is 14.0 Å². The lowest BCUT2D eigenvalue weighted by atomic mass is 10.5. The molecule has 6 heteroatoms. The second kappa shape index (κ2) is 6.85. The average molecular weight is 209 g/mol. The van der Waals surface area contributed by atoms with Crippen molar-refractivity contribution in [2.24, 2.45) is 7.05 Å². The predicted octanol–water partition coefficient (Wildman–Crippen LogP) is -2.84. The molecule has 1 aromatic heterocycles. The number of hydrogen-bond donors (Lipinski definition) is 0. The zero-order valence-electron chi connectivity index (χ0n) is 7.64. The third-order valence-electron chi connectivity index (χ3n) is 1.31. The van der Waals surface area contributed by atoms with Gasteiger partial charge in [0.25, 0.3) is 0 Å². The summed E-state index contributed by atoms with van der Waals surface area (Å²) in [5, 5.41) is 0. The summed E-state index contributed by atoms with van der Waals surface area (Å²) in [5.74, 6) is 0. The number of imidazole rings is 1. The summed E-state index contributed by atoms with van der Waals surface area (Å²) < 4.78 is 29.5. The molecule has 1 aromatic rings. The van der Waals surface area contributed by atoms with Crippen LogP contribution < -0.4 is 18.5 Å². The van der Waals surface area contributed by atoms with E-state index < -0.39 is 10.8 Å². The van der Waals surface area contributed by atoms with Gasteiger partial charge in [-0.2, -0.15) is 0 Å². The van der Waals surface area contributed by atoms with Crippen LogP contribution in [0.5, 0.6) is 0 Å². The fraction of sp³-hybridized carbons (Fsp3) is 0.571. The lowest BCUT2D eigenvalue weighted by Crippen LogP contribution is -2.42. The molecule has 0 saturated heterocycles. The van der Waals surface area contributed by atoms with E-state index in [1.54, 1.807) is 0 Å². The van der Waals surface area contributed by atoms with Crippen LogP contribution in [0.3, 0.4) is 0 Å². The van der Waals surface area contributed by atoms with Crippen molar-refractivity contribution in [3.05, 3.63) is 18.7 Å². The molecule has 5 nitrogen and oxygen atoms in total. The van der Waals surface area contributed by atoms with E-state index in [0.717, 1.165) is 6.54 Å². The molecule has 0 bridgehead atoms. The Kier molecular flexibility index (Phi) is 6.52. The maximum absolute atomic E-state index is 8.41. The summed E-state index contributed by atoms with van der Waals surface area (Å²) >= 11 is 0. The van der Waals surface area contributed by atoms with Crippen LogP contribution in [0.15, 0.2) is 18.7 Å². The molecule has 0 atom stereocenters. The van der Waals surface area contributed by atoms with E-state index in [1.807, 2.05) is 7.05 Å². The van der Waals surface area contributed by atoms with Crippen molar-refractivity contribution in [2.45, 2.75) is 19.9 Å². The Morgan fingerprint density at radius 2 is 1.92 bits per heavy atom. The molecule has 0 aliphatic heterocycles. The van der Waals surface area contributed by atoms with E-state index in [2.05, 4.69) is 34.8 Å². The van der Waals surface area contributed by atoms with Crippen LogP contribution in [-0.2, 0) is 13.6 Å². The number of aryl methyl sites for hydroxylation is 2. The minimum absolute atomic E-state index is 1.13. The summed E-state index contributed by atoms with van der Waals surface area (Å²) in [5.41, 5.74) is 0. The van der Waals surface area contributed by atoms with Crippen LogP contribution in [-0.4, -0.2) is 4.57 Å². The molecule has 1 heterocycles. The molecular weight excluding hydrogens is 196 g/mol. The molecule has 0 aliphatic rings. The van der Waals surface area contributed by atoms with Gasteiger partial charge in [-0.25, -0.2) is 9.13 Å². The van der Waals surface area contributed by atoms with Crippen molar-refractivity contribution in [2.75, 3.05) is 0 Å². The standard InChI is InChI=1S/C7H13N2.ClO3/c1-3-4-9-6-5-8(2)7-9;2-1(3)4/h5-7H,3-4H2,1-2H3;/q+1;-1. The van der Waals surface area contributed by atoms with Gasteiger partial charge in [0, 0.05) is 0 Å². The largest absolute Gasteiger partial charge is 0.357 e. The first-order valence-corrected chi connectivity index (χ1v) is 4.73. The van der Waals surface area contributed by atoms with Crippen molar-refractivity contribution < 1.29 is 29.3 Å². The lowest BCUT2D eigenvalue weighted by molar-refractivity contribution is -1.73. The van der Waals surface area contributed by atoms with Gasteiger partial charge in [0.05, 0.1) is 24.4 Å². The van der Waals surface area contributed by atoms with E-state index in [1.165, 1.54) is 6.42 Å². The molecule has 0 spiro atoms. The van der Waals surface area contributed by atoms with Crippen LogP contribution in [0.4, 0.5) is 0 Å². The minimum Gasteiger partial charge on any atom is -0.357 e. The van der Waals surface area contributed by atoms with Crippen molar-refractivity contribution in [1.29, 1.82) is 0 Å². The quantitative estimate of drug-likeness (QED) is 0.491. The Morgan fingerprint density at radius 3 is 2.23 bits per heavy atom. The molecule has 0 unspecified atom stereocenters. The summed E-state index contributed by atoms with van der Waals surface area (Å²) in [7, 11) is -0.818. The molecule has 0 N–H and O–H groups in total. The maximum Gasteiger partial charge on any atom is 0.243 e. The SMILES string of the molecule is CCCn1cc[n+](C)c1.[O-][Cl+2]([O-])[O-]. The monoisotopic (exact) mass is 208 g/mol. The Morgan fingerprint density at radius 1 is 1.38 bits per heavy atom. The van der Waals surface area contributed by atoms with Gasteiger partial charge in [0.1, 0.15) is 12.4 Å². The third kappa shape index (κ3) is 7.73. The molecular formula is C7H13ClN2O3. The van der Waals surface area contributed by atoms with Crippen molar-refractivity contribution >= 4 is 0 Å². The molecule has 0 fully saturated rings. The molecule has 0 amide bonds. The van der Waals surface area contributed by atoms with Gasteiger partial charge in [-0.1, -0.05) is 6.92 Å². The van der Waals surface area contributed by atoms with Gasteiger partial charge in [-0.05, 0) is 6.42 Å². The smallest absolute Gasteiger partial charge is 0.243 e. The molecule has 1 rings (SSSR count). The molecule has 0 aromatic carbocycles. The first-order valence-electron chi connectivity index (χ1n) is 3.80. The summed E-state index contributed by atoms with van der Waals surface area (Å²) in [6.07, 6.45) is 7.43. The van der Waals surface area contributed by atoms with Crippen LogP contribution in [0, 0.1) is 10.8 Å². The van der Waals surface area contributed by atoms with Crippen LogP contribution in [0.25, 0.3) is 0 Å². The highest BCUT2D eigenvalue weighted by atomic mass is 35.6. The number of halogens is 1. The van der Waals surface area contributed by atoms with Gasteiger partial charge in [0.2, 0.25) is 6.33 Å². The normalized spacial score (nSPS) is 9.69. The van der Waals surface area contributed by atoms with Crippen molar-refractivity contribution in [1.82, 2.24) is 4.57 Å². The highest BCUT2D eigenvalue weighted by Crippen LogP contribution is 1.85. The Hall–Kier alpha value is -0.620. The summed E-state index contributed by atoms with van der Waals surface area (Å²) in [6, 6.07) is 0. The van der Waals surface area contributed by atoms with Gasteiger partial charge >= 0.3 is 0 Å². The second-order valence-corrected chi connectivity index (χ2v) is 2.88. The van der Waals surface area contributed by atoms with E-state index >= 15 is 0 Å². The fourth-order valence-electron chi connectivity index (χ4n) is 0.892. The topological polar surface area (TPSA) is 78.0 Å². The van der Waals surface area contributed by atoms with Gasteiger partial charge in [-0.15, -0.1) is 0 Å². The minimum atomic E-state index is -2.85. The van der Waals surface area contributed by atoms with Crippen LogP contribution in [0.2, 0.25) is 0 Å². The number of aromatic nitrogens is 2. The zero-order chi connectivity index (χ0) is 10.3. The van der Waals surface area contributed by atoms with Gasteiger partial charge in [-0.3, -0.25) is 0 Å². The Labute approximate surface area is 80.3 Å². The molecule has 76 valence electrons.